The number of aliphatic hydroxyl groups is 1. The highest BCUT2D eigenvalue weighted by Crippen LogP contribution is 2.19. The third kappa shape index (κ3) is 1.37. The van der Waals surface area contributed by atoms with Crippen molar-refractivity contribution in [3.05, 3.63) is 22.4 Å². The molecule has 1 aliphatic carbocycles. The molecule has 0 atom stereocenters. The number of hydrogen-bond donors (Lipinski definition) is 1. The van der Waals surface area contributed by atoms with Crippen molar-refractivity contribution in [2.45, 2.75) is 12.8 Å². The molecule has 1 aliphatic rings. The first-order chi connectivity index (χ1) is 3.79. The van der Waals surface area contributed by atoms with Gasteiger partial charge in [0, 0.05) is 0 Å². The summed E-state index contributed by atoms with van der Waals surface area (Å²) >= 11 is 3.29. The summed E-state index contributed by atoms with van der Waals surface area (Å²) < 4.78 is 1.08. The number of allylic oxidation sites excluding steroid dienone is 3. The lowest BCUT2D eigenvalue weighted by Crippen LogP contribution is -1.84. The molecule has 8 heavy (non-hydrogen) atoms. The van der Waals surface area contributed by atoms with Crippen LogP contribution in [0.15, 0.2) is 22.4 Å². The van der Waals surface area contributed by atoms with E-state index in [0.717, 1.165) is 17.3 Å². The van der Waals surface area contributed by atoms with Crippen LogP contribution in [0.25, 0.3) is 0 Å². The second-order valence-corrected chi connectivity index (χ2v) is 2.78. The highest BCUT2D eigenvalue weighted by molar-refractivity contribution is 9.11. The number of halogens is 1. The molecule has 0 fully saturated rings. The molecule has 0 aromatic carbocycles. The van der Waals surface area contributed by atoms with Gasteiger partial charge in [0.2, 0.25) is 0 Å². The van der Waals surface area contributed by atoms with E-state index in [2.05, 4.69) is 15.9 Å². The van der Waals surface area contributed by atoms with Crippen LogP contribution in [-0.2, 0) is 0 Å². The Hall–Kier alpha value is -0.240. The van der Waals surface area contributed by atoms with Crippen molar-refractivity contribution in [3.8, 4) is 0 Å². The SMILES string of the molecule is OC1=CCCC(Br)=C1. The number of hydrogen-bond acceptors (Lipinski definition) is 1. The van der Waals surface area contributed by atoms with Crippen LogP contribution in [-0.4, -0.2) is 5.11 Å². The van der Waals surface area contributed by atoms with Gasteiger partial charge in [-0.25, -0.2) is 0 Å². The fraction of sp³-hybridized carbons (Fsp3) is 0.333. The van der Waals surface area contributed by atoms with Crippen molar-refractivity contribution in [2.75, 3.05) is 0 Å². The Kier molecular flexibility index (Phi) is 1.73. The zero-order chi connectivity index (χ0) is 5.98. The van der Waals surface area contributed by atoms with E-state index in [1.54, 1.807) is 6.08 Å². The molecule has 0 saturated heterocycles. The number of rotatable bonds is 0. The third-order valence-electron chi connectivity index (χ3n) is 1.04. The van der Waals surface area contributed by atoms with Gasteiger partial charge >= 0.3 is 0 Å². The average molecular weight is 175 g/mol. The van der Waals surface area contributed by atoms with Crippen molar-refractivity contribution in [2.24, 2.45) is 0 Å². The molecule has 0 amide bonds. The summed E-state index contributed by atoms with van der Waals surface area (Å²) in [5.74, 6) is 0.378. The summed E-state index contributed by atoms with van der Waals surface area (Å²) in [6.07, 6.45) is 5.50. The van der Waals surface area contributed by atoms with Gasteiger partial charge in [0.25, 0.3) is 0 Å². The van der Waals surface area contributed by atoms with Gasteiger partial charge in [-0.1, -0.05) is 15.9 Å². The monoisotopic (exact) mass is 174 g/mol. The van der Waals surface area contributed by atoms with Crippen LogP contribution in [0.5, 0.6) is 0 Å². The topological polar surface area (TPSA) is 20.2 Å². The normalized spacial score (nSPS) is 19.6. The lowest BCUT2D eigenvalue weighted by atomic mass is 10.2. The van der Waals surface area contributed by atoms with E-state index in [1.807, 2.05) is 6.08 Å². The number of aliphatic hydroxyl groups excluding tert-OH is 1. The van der Waals surface area contributed by atoms with Gasteiger partial charge in [0.05, 0.1) is 0 Å². The second kappa shape index (κ2) is 2.35. The molecule has 44 valence electrons. The first kappa shape index (κ1) is 5.89. The summed E-state index contributed by atoms with van der Waals surface area (Å²) in [7, 11) is 0. The molecule has 0 aliphatic heterocycles. The average Bonchev–Trinajstić information content (AvgIpc) is 1.64. The van der Waals surface area contributed by atoms with Gasteiger partial charge < -0.3 is 5.11 Å². The second-order valence-electron chi connectivity index (χ2n) is 1.76. The molecule has 2 heteroatoms. The summed E-state index contributed by atoms with van der Waals surface area (Å²) in [5, 5.41) is 8.83. The van der Waals surface area contributed by atoms with E-state index in [1.165, 1.54) is 0 Å². The van der Waals surface area contributed by atoms with Crippen LogP contribution in [0.3, 0.4) is 0 Å². The van der Waals surface area contributed by atoms with Gasteiger partial charge in [-0.3, -0.25) is 0 Å². The van der Waals surface area contributed by atoms with Gasteiger partial charge in [-0.15, -0.1) is 0 Å². The lowest BCUT2D eigenvalue weighted by Gasteiger charge is -2.01. The quantitative estimate of drug-likeness (QED) is 0.599. The van der Waals surface area contributed by atoms with E-state index in [9.17, 15) is 0 Å². The Bertz CT molecular complexity index is 147. The van der Waals surface area contributed by atoms with Crippen molar-refractivity contribution in [3.63, 3.8) is 0 Å². The van der Waals surface area contributed by atoms with Crippen LogP contribution in [0.1, 0.15) is 12.8 Å². The molecule has 0 saturated carbocycles. The zero-order valence-electron chi connectivity index (χ0n) is 4.39. The molecular formula is C6H7BrO. The largest absolute Gasteiger partial charge is 0.508 e. The van der Waals surface area contributed by atoms with Crippen molar-refractivity contribution in [1.82, 2.24) is 0 Å². The summed E-state index contributed by atoms with van der Waals surface area (Å²) in [6, 6.07) is 0. The Labute approximate surface area is 56.8 Å². The summed E-state index contributed by atoms with van der Waals surface area (Å²) in [6.45, 7) is 0. The third-order valence-corrected chi connectivity index (χ3v) is 1.67. The Morgan fingerprint density at radius 1 is 1.62 bits per heavy atom. The maximum Gasteiger partial charge on any atom is 0.112 e. The highest BCUT2D eigenvalue weighted by Gasteiger charge is 1.98. The Morgan fingerprint density at radius 3 is 2.75 bits per heavy atom. The minimum absolute atomic E-state index is 0.378. The van der Waals surface area contributed by atoms with E-state index in [4.69, 9.17) is 5.11 Å². The fourth-order valence-electron chi connectivity index (χ4n) is 0.649. The Morgan fingerprint density at radius 2 is 2.38 bits per heavy atom. The minimum atomic E-state index is 0.378. The van der Waals surface area contributed by atoms with Gasteiger partial charge in [-0.2, -0.15) is 0 Å². The fourth-order valence-corrected chi connectivity index (χ4v) is 1.11. The van der Waals surface area contributed by atoms with E-state index < -0.39 is 0 Å². The smallest absolute Gasteiger partial charge is 0.112 e. The molecule has 1 nitrogen and oxygen atoms in total. The Balaban J connectivity index is 2.69. The zero-order valence-corrected chi connectivity index (χ0v) is 5.98. The maximum atomic E-state index is 8.83. The molecule has 0 heterocycles. The summed E-state index contributed by atoms with van der Waals surface area (Å²) in [5.41, 5.74) is 0. The first-order valence-electron chi connectivity index (χ1n) is 2.54. The van der Waals surface area contributed by atoms with Gasteiger partial charge in [0.1, 0.15) is 5.76 Å². The van der Waals surface area contributed by atoms with Crippen molar-refractivity contribution < 1.29 is 5.11 Å². The lowest BCUT2D eigenvalue weighted by molar-refractivity contribution is 0.426. The van der Waals surface area contributed by atoms with Crippen LogP contribution in [0, 0.1) is 0 Å². The van der Waals surface area contributed by atoms with E-state index in [0.29, 0.717) is 5.76 Å². The molecule has 0 spiro atoms. The van der Waals surface area contributed by atoms with Crippen molar-refractivity contribution in [1.29, 1.82) is 0 Å². The molecule has 0 radical (unpaired) electrons. The van der Waals surface area contributed by atoms with Crippen LogP contribution >= 0.6 is 15.9 Å². The predicted molar refractivity (Wildman–Crippen MR) is 37.0 cm³/mol. The highest BCUT2D eigenvalue weighted by atomic mass is 79.9. The molecule has 0 bridgehead atoms. The molecule has 0 unspecified atom stereocenters. The molecule has 0 aromatic heterocycles. The standard InChI is InChI=1S/C6H7BrO/c7-5-2-1-3-6(8)4-5/h3-4,8H,1-2H2. The van der Waals surface area contributed by atoms with Gasteiger partial charge in [-0.05, 0) is 29.5 Å². The van der Waals surface area contributed by atoms with Gasteiger partial charge in [0.15, 0.2) is 0 Å². The van der Waals surface area contributed by atoms with E-state index in [-0.39, 0.29) is 0 Å². The maximum absolute atomic E-state index is 8.83. The van der Waals surface area contributed by atoms with Crippen LogP contribution in [0.4, 0.5) is 0 Å². The minimum Gasteiger partial charge on any atom is -0.508 e. The van der Waals surface area contributed by atoms with E-state index >= 15 is 0 Å². The van der Waals surface area contributed by atoms with Crippen LogP contribution in [0.2, 0.25) is 0 Å². The summed E-state index contributed by atoms with van der Waals surface area (Å²) in [4.78, 5) is 0. The molecule has 1 N–H and O–H groups in total. The molecular weight excluding hydrogens is 168 g/mol. The van der Waals surface area contributed by atoms with Crippen molar-refractivity contribution >= 4 is 15.9 Å². The van der Waals surface area contributed by atoms with Crippen LogP contribution < -0.4 is 0 Å². The predicted octanol–water partition coefficient (Wildman–Crippen LogP) is 2.50. The first-order valence-corrected chi connectivity index (χ1v) is 3.33. The molecule has 0 aromatic rings. The molecule has 1 rings (SSSR count).